The molecule has 0 aliphatic carbocycles. The molecule has 0 aliphatic heterocycles. The largest absolute Gasteiger partial charge is 0.324 e. The zero-order chi connectivity index (χ0) is 8.27. The summed E-state index contributed by atoms with van der Waals surface area (Å²) in [4.78, 5) is 0. The molecule has 1 rings (SSSR count). The number of rotatable bonds is 3. The highest BCUT2D eigenvalue weighted by Crippen LogP contribution is 2.06. The van der Waals surface area contributed by atoms with E-state index in [0.29, 0.717) is 6.54 Å². The Hall–Kier alpha value is -0.900. The Morgan fingerprint density at radius 2 is 2.55 bits per heavy atom. The number of aromatic nitrogens is 2. The first-order valence-electron chi connectivity index (χ1n) is 3.58. The molecule has 1 aromatic heterocycles. The second-order valence-corrected chi connectivity index (χ2v) is 2.51. The summed E-state index contributed by atoms with van der Waals surface area (Å²) >= 11 is 0. The van der Waals surface area contributed by atoms with E-state index in [4.69, 9.17) is 5.73 Å². The van der Waals surface area contributed by atoms with E-state index in [9.17, 15) is 4.39 Å². The summed E-state index contributed by atoms with van der Waals surface area (Å²) < 4.78 is 13.4. The van der Waals surface area contributed by atoms with E-state index in [1.807, 2.05) is 6.92 Å². The molecule has 1 atom stereocenters. The smallest absolute Gasteiger partial charge is 0.109 e. The van der Waals surface area contributed by atoms with Crippen LogP contribution in [-0.4, -0.2) is 16.5 Å². The zero-order valence-corrected chi connectivity index (χ0v) is 6.50. The third-order valence-electron chi connectivity index (χ3n) is 1.49. The Labute approximate surface area is 65.0 Å². The lowest BCUT2D eigenvalue weighted by Gasteiger charge is -1.97. The molecule has 0 saturated carbocycles. The van der Waals surface area contributed by atoms with Crippen molar-refractivity contribution in [2.24, 2.45) is 5.73 Å². The lowest BCUT2D eigenvalue weighted by Crippen LogP contribution is -2.04. The van der Waals surface area contributed by atoms with Gasteiger partial charge in [-0.2, -0.15) is 5.10 Å². The van der Waals surface area contributed by atoms with Gasteiger partial charge < -0.3 is 5.73 Å². The molecular weight excluding hydrogens is 145 g/mol. The average molecular weight is 157 g/mol. The Morgan fingerprint density at radius 3 is 3.00 bits per heavy atom. The predicted octanol–water partition coefficient (Wildman–Crippen LogP) is 0.872. The quantitative estimate of drug-likeness (QED) is 0.707. The maximum atomic E-state index is 11.8. The Bertz CT molecular complexity index is 219. The summed E-state index contributed by atoms with van der Waals surface area (Å²) in [5.74, 6) is 0. The number of nitrogens with zero attached hydrogens (tertiary/aromatic N) is 2. The molecule has 0 saturated heterocycles. The second kappa shape index (κ2) is 3.48. The van der Waals surface area contributed by atoms with E-state index in [1.165, 1.54) is 0 Å². The van der Waals surface area contributed by atoms with Gasteiger partial charge in [0.15, 0.2) is 0 Å². The van der Waals surface area contributed by atoms with Gasteiger partial charge in [0, 0.05) is 17.8 Å². The topological polar surface area (TPSA) is 43.8 Å². The summed E-state index contributed by atoms with van der Waals surface area (Å²) in [6.07, 6.45) is 3.44. The molecule has 0 aromatic carbocycles. The van der Waals surface area contributed by atoms with Gasteiger partial charge in [0.05, 0.1) is 12.7 Å². The van der Waals surface area contributed by atoms with Crippen molar-refractivity contribution in [1.29, 1.82) is 0 Å². The van der Waals surface area contributed by atoms with Crippen LogP contribution in [0.25, 0.3) is 0 Å². The Kier molecular flexibility index (Phi) is 2.59. The summed E-state index contributed by atoms with van der Waals surface area (Å²) in [6, 6.07) is -0.0247. The average Bonchev–Trinajstić information content (AvgIpc) is 2.37. The van der Waals surface area contributed by atoms with Crippen LogP contribution in [0.3, 0.4) is 0 Å². The summed E-state index contributed by atoms with van der Waals surface area (Å²) in [5, 5.41) is 3.92. The minimum absolute atomic E-state index is 0.0247. The van der Waals surface area contributed by atoms with Crippen LogP contribution in [0.1, 0.15) is 18.5 Å². The van der Waals surface area contributed by atoms with Crippen LogP contribution >= 0.6 is 0 Å². The molecule has 1 aromatic rings. The zero-order valence-electron chi connectivity index (χ0n) is 6.50. The van der Waals surface area contributed by atoms with Crippen LogP contribution in [0, 0.1) is 0 Å². The van der Waals surface area contributed by atoms with Gasteiger partial charge in [0.2, 0.25) is 0 Å². The molecule has 0 spiro atoms. The van der Waals surface area contributed by atoms with Crippen molar-refractivity contribution in [2.45, 2.75) is 19.5 Å². The van der Waals surface area contributed by atoms with E-state index in [2.05, 4.69) is 5.10 Å². The van der Waals surface area contributed by atoms with Gasteiger partial charge in [-0.3, -0.25) is 4.68 Å². The van der Waals surface area contributed by atoms with E-state index < -0.39 is 0 Å². The normalized spacial score (nSPS) is 13.4. The van der Waals surface area contributed by atoms with Crippen LogP contribution in [0.4, 0.5) is 4.39 Å². The third-order valence-corrected chi connectivity index (χ3v) is 1.49. The molecule has 1 unspecified atom stereocenters. The highest BCUT2D eigenvalue weighted by Gasteiger charge is 2.01. The molecule has 3 nitrogen and oxygen atoms in total. The molecule has 0 aliphatic rings. The van der Waals surface area contributed by atoms with Crippen molar-refractivity contribution < 1.29 is 4.39 Å². The van der Waals surface area contributed by atoms with Crippen molar-refractivity contribution in [3.63, 3.8) is 0 Å². The minimum atomic E-state index is -0.389. The van der Waals surface area contributed by atoms with Gasteiger partial charge in [-0.05, 0) is 6.92 Å². The van der Waals surface area contributed by atoms with E-state index >= 15 is 0 Å². The fraction of sp³-hybridized carbons (Fsp3) is 0.571. The van der Waals surface area contributed by atoms with Gasteiger partial charge in [-0.15, -0.1) is 0 Å². The van der Waals surface area contributed by atoms with Gasteiger partial charge in [0.25, 0.3) is 0 Å². The molecule has 62 valence electrons. The van der Waals surface area contributed by atoms with Crippen LogP contribution in [0.15, 0.2) is 12.4 Å². The molecule has 0 bridgehead atoms. The lowest BCUT2D eigenvalue weighted by molar-refractivity contribution is 0.427. The molecule has 0 fully saturated rings. The van der Waals surface area contributed by atoms with Crippen molar-refractivity contribution >= 4 is 0 Å². The van der Waals surface area contributed by atoms with Crippen molar-refractivity contribution in [3.8, 4) is 0 Å². The van der Waals surface area contributed by atoms with Crippen LogP contribution in [0.5, 0.6) is 0 Å². The lowest BCUT2D eigenvalue weighted by atomic mass is 10.2. The first kappa shape index (κ1) is 8.20. The van der Waals surface area contributed by atoms with Gasteiger partial charge in [-0.25, -0.2) is 4.39 Å². The molecule has 1 heterocycles. The number of aryl methyl sites for hydroxylation is 1. The van der Waals surface area contributed by atoms with Crippen molar-refractivity contribution in [3.05, 3.63) is 18.0 Å². The standard InChI is InChI=1S/C7H12FN3/c1-6(9)7-4-10-11(5-7)3-2-8/h4-6H,2-3,9H2,1H3. The third kappa shape index (κ3) is 2.01. The highest BCUT2D eigenvalue weighted by atomic mass is 19.1. The number of alkyl halides is 1. The Balaban J connectivity index is 2.66. The number of hydrogen-bond donors (Lipinski definition) is 1. The molecule has 2 N–H and O–H groups in total. The first-order valence-corrected chi connectivity index (χ1v) is 3.58. The van der Waals surface area contributed by atoms with Crippen LogP contribution in [0.2, 0.25) is 0 Å². The van der Waals surface area contributed by atoms with Crippen molar-refractivity contribution in [1.82, 2.24) is 9.78 Å². The van der Waals surface area contributed by atoms with E-state index in [-0.39, 0.29) is 12.7 Å². The fourth-order valence-corrected chi connectivity index (χ4v) is 0.824. The van der Waals surface area contributed by atoms with Gasteiger partial charge >= 0.3 is 0 Å². The predicted molar refractivity (Wildman–Crippen MR) is 40.8 cm³/mol. The Morgan fingerprint density at radius 1 is 1.82 bits per heavy atom. The van der Waals surface area contributed by atoms with Crippen molar-refractivity contribution in [2.75, 3.05) is 6.67 Å². The van der Waals surface area contributed by atoms with Gasteiger partial charge in [-0.1, -0.05) is 0 Å². The molecule has 0 amide bonds. The van der Waals surface area contributed by atoms with Crippen LogP contribution < -0.4 is 5.73 Å². The first-order chi connectivity index (χ1) is 5.24. The molecular formula is C7H12FN3. The number of nitrogens with two attached hydrogens (primary N) is 1. The maximum Gasteiger partial charge on any atom is 0.109 e. The summed E-state index contributed by atoms with van der Waals surface area (Å²) in [5.41, 5.74) is 6.52. The molecule has 11 heavy (non-hydrogen) atoms. The molecule has 4 heteroatoms. The molecule has 0 radical (unpaired) electrons. The SMILES string of the molecule is CC(N)c1cnn(CCF)c1. The minimum Gasteiger partial charge on any atom is -0.324 e. The van der Waals surface area contributed by atoms with Crippen LogP contribution in [-0.2, 0) is 6.54 Å². The number of halogens is 1. The second-order valence-electron chi connectivity index (χ2n) is 2.51. The summed E-state index contributed by atoms with van der Waals surface area (Å²) in [7, 11) is 0. The fourth-order valence-electron chi connectivity index (χ4n) is 0.824. The monoisotopic (exact) mass is 157 g/mol. The van der Waals surface area contributed by atoms with E-state index in [0.717, 1.165) is 5.56 Å². The van der Waals surface area contributed by atoms with Gasteiger partial charge in [0.1, 0.15) is 6.67 Å². The maximum absolute atomic E-state index is 11.8. The summed E-state index contributed by atoms with van der Waals surface area (Å²) in [6.45, 7) is 1.80. The number of hydrogen-bond acceptors (Lipinski definition) is 2. The highest BCUT2D eigenvalue weighted by molar-refractivity contribution is 5.07. The van der Waals surface area contributed by atoms with E-state index in [1.54, 1.807) is 17.1 Å².